The van der Waals surface area contributed by atoms with Gasteiger partial charge in [-0.3, -0.25) is 0 Å². The Balaban J connectivity index is 1.46. The van der Waals surface area contributed by atoms with E-state index in [0.717, 1.165) is 57.3 Å². The highest BCUT2D eigenvalue weighted by Crippen LogP contribution is 2.61. The average Bonchev–Trinajstić information content (AvgIpc) is 2.51. The van der Waals surface area contributed by atoms with Crippen LogP contribution >= 0.6 is 0 Å². The molecule has 0 radical (unpaired) electrons. The Hall–Kier alpha value is -0.120. The summed E-state index contributed by atoms with van der Waals surface area (Å²) in [5.74, 6) is 3.51. The molecule has 3 saturated carbocycles. The molecule has 0 saturated heterocycles. The highest BCUT2D eigenvalue weighted by atomic mass is 16.5. The third kappa shape index (κ3) is 5.44. The molecule has 0 N–H and O–H groups in total. The Morgan fingerprint density at radius 1 is 1.04 bits per heavy atom. The molecule has 0 aromatic heterocycles. The first-order valence-electron chi connectivity index (χ1n) is 9.75. The molecule has 3 fully saturated rings. The number of hydrogen-bond acceptors (Lipinski definition) is 3. The van der Waals surface area contributed by atoms with E-state index in [1.165, 1.54) is 25.7 Å². The zero-order valence-corrected chi connectivity index (χ0v) is 16.1. The summed E-state index contributed by atoms with van der Waals surface area (Å²) in [7, 11) is 2.15. The molecule has 2 bridgehead atoms. The van der Waals surface area contributed by atoms with Crippen molar-refractivity contribution in [2.45, 2.75) is 53.4 Å². The number of likely N-dealkylation sites (N-methyl/N-ethyl adjacent to an activating group) is 1. The number of fused-ring (bicyclic) bond motifs is 2. The lowest BCUT2D eigenvalue weighted by atomic mass is 9.45. The van der Waals surface area contributed by atoms with E-state index >= 15 is 0 Å². The summed E-state index contributed by atoms with van der Waals surface area (Å²) in [6.07, 6.45) is 5.64. The Morgan fingerprint density at radius 2 is 1.74 bits per heavy atom. The van der Waals surface area contributed by atoms with Crippen LogP contribution in [0.3, 0.4) is 0 Å². The minimum absolute atomic E-state index is 0.610. The van der Waals surface area contributed by atoms with E-state index in [1.807, 2.05) is 0 Å². The molecule has 0 heterocycles. The lowest BCUT2D eigenvalue weighted by molar-refractivity contribution is -0.111. The highest BCUT2D eigenvalue weighted by molar-refractivity contribution is 5.03. The fourth-order valence-electron chi connectivity index (χ4n) is 4.52. The largest absolute Gasteiger partial charge is 0.380 e. The van der Waals surface area contributed by atoms with E-state index in [4.69, 9.17) is 9.47 Å². The van der Waals surface area contributed by atoms with Gasteiger partial charge in [-0.05, 0) is 61.8 Å². The number of nitrogens with zero attached hydrogens (tertiary/aromatic N) is 1. The molecule has 3 unspecified atom stereocenters. The Labute approximate surface area is 144 Å². The van der Waals surface area contributed by atoms with E-state index in [2.05, 4.69) is 39.6 Å². The maximum atomic E-state index is 5.90. The van der Waals surface area contributed by atoms with Crippen LogP contribution in [0.2, 0.25) is 0 Å². The molecule has 23 heavy (non-hydrogen) atoms. The molecule has 0 aromatic carbocycles. The third-order valence-corrected chi connectivity index (χ3v) is 6.32. The van der Waals surface area contributed by atoms with Gasteiger partial charge in [0.25, 0.3) is 0 Å². The van der Waals surface area contributed by atoms with Gasteiger partial charge >= 0.3 is 0 Å². The zero-order chi connectivity index (χ0) is 16.9. The smallest absolute Gasteiger partial charge is 0.0593 e. The summed E-state index contributed by atoms with van der Waals surface area (Å²) >= 11 is 0. The topological polar surface area (TPSA) is 21.7 Å². The molecule has 3 aliphatic carbocycles. The van der Waals surface area contributed by atoms with Gasteiger partial charge in [-0.25, -0.2) is 0 Å². The van der Waals surface area contributed by atoms with Gasteiger partial charge in [0, 0.05) is 26.3 Å². The second kappa shape index (κ2) is 8.82. The highest BCUT2D eigenvalue weighted by Gasteiger charge is 2.53. The Morgan fingerprint density at radius 3 is 2.35 bits per heavy atom. The van der Waals surface area contributed by atoms with Crippen LogP contribution in [0.4, 0.5) is 0 Å². The first-order valence-corrected chi connectivity index (χ1v) is 9.75. The van der Waals surface area contributed by atoms with Crippen molar-refractivity contribution in [2.75, 3.05) is 46.6 Å². The van der Waals surface area contributed by atoms with Crippen molar-refractivity contribution in [2.24, 2.45) is 29.1 Å². The fourth-order valence-corrected chi connectivity index (χ4v) is 4.52. The molecule has 0 spiro atoms. The summed E-state index contributed by atoms with van der Waals surface area (Å²) < 4.78 is 11.5. The van der Waals surface area contributed by atoms with Gasteiger partial charge in [-0.2, -0.15) is 0 Å². The average molecular weight is 326 g/mol. The van der Waals surface area contributed by atoms with Crippen molar-refractivity contribution in [3.8, 4) is 0 Å². The van der Waals surface area contributed by atoms with Crippen LogP contribution in [0, 0.1) is 29.1 Å². The van der Waals surface area contributed by atoms with E-state index in [1.54, 1.807) is 0 Å². The summed E-state index contributed by atoms with van der Waals surface area (Å²) in [6, 6.07) is 0. The molecule has 3 heteroatoms. The predicted molar refractivity (Wildman–Crippen MR) is 96.7 cm³/mol. The summed E-state index contributed by atoms with van der Waals surface area (Å²) in [5.41, 5.74) is 0.610. The molecule has 0 aromatic rings. The van der Waals surface area contributed by atoms with Crippen LogP contribution in [0.15, 0.2) is 0 Å². The van der Waals surface area contributed by atoms with Crippen molar-refractivity contribution in [3.63, 3.8) is 0 Å². The first kappa shape index (κ1) is 19.2. The zero-order valence-electron chi connectivity index (χ0n) is 16.1. The van der Waals surface area contributed by atoms with E-state index in [0.29, 0.717) is 11.3 Å². The predicted octanol–water partition coefficient (Wildman–Crippen LogP) is 4.07. The van der Waals surface area contributed by atoms with Gasteiger partial charge in [0.1, 0.15) is 0 Å². The number of rotatable bonds is 11. The van der Waals surface area contributed by atoms with E-state index in [-0.39, 0.29) is 0 Å². The van der Waals surface area contributed by atoms with Crippen LogP contribution in [-0.2, 0) is 9.47 Å². The number of hydrogen-bond donors (Lipinski definition) is 0. The van der Waals surface area contributed by atoms with Crippen molar-refractivity contribution in [1.29, 1.82) is 0 Å². The standard InChI is InChI=1S/C20H39NO2/c1-16(2)15-23-13-10-21(5)9-12-22-11-8-17-6-7-18-14-19(17)20(18,3)4/h16-19H,6-15H2,1-5H3. The molecule has 3 rings (SSSR count). The summed E-state index contributed by atoms with van der Waals surface area (Å²) in [5, 5.41) is 0. The van der Waals surface area contributed by atoms with Crippen LogP contribution in [0.1, 0.15) is 53.4 Å². The van der Waals surface area contributed by atoms with E-state index in [9.17, 15) is 0 Å². The monoisotopic (exact) mass is 325 g/mol. The maximum absolute atomic E-state index is 5.90. The van der Waals surface area contributed by atoms with Gasteiger partial charge in [-0.15, -0.1) is 0 Å². The normalized spacial score (nSPS) is 29.1. The maximum Gasteiger partial charge on any atom is 0.0593 e. The molecule has 136 valence electrons. The van der Waals surface area contributed by atoms with Crippen LogP contribution < -0.4 is 0 Å². The van der Waals surface area contributed by atoms with Crippen molar-refractivity contribution < 1.29 is 9.47 Å². The third-order valence-electron chi connectivity index (χ3n) is 6.32. The molecule has 3 nitrogen and oxygen atoms in total. The van der Waals surface area contributed by atoms with Crippen LogP contribution in [0.25, 0.3) is 0 Å². The first-order chi connectivity index (χ1) is 10.9. The van der Waals surface area contributed by atoms with Gasteiger partial charge in [0.15, 0.2) is 0 Å². The minimum Gasteiger partial charge on any atom is -0.380 e. The second-order valence-electron chi connectivity index (χ2n) is 8.87. The Bertz CT molecular complexity index is 341. The minimum atomic E-state index is 0.610. The van der Waals surface area contributed by atoms with Gasteiger partial charge in [-0.1, -0.05) is 27.7 Å². The summed E-state index contributed by atoms with van der Waals surface area (Å²) in [4.78, 5) is 2.31. The SMILES string of the molecule is CC(C)COCCN(C)CCOCCC1CCC2CC1C2(C)C. The molecule has 3 aliphatic rings. The lowest BCUT2D eigenvalue weighted by Gasteiger charge is -2.60. The van der Waals surface area contributed by atoms with Crippen LogP contribution in [-0.4, -0.2) is 51.5 Å². The molecular weight excluding hydrogens is 286 g/mol. The van der Waals surface area contributed by atoms with Crippen LogP contribution in [0.5, 0.6) is 0 Å². The Kier molecular flexibility index (Phi) is 7.37. The second-order valence-corrected chi connectivity index (χ2v) is 8.87. The van der Waals surface area contributed by atoms with Crippen molar-refractivity contribution >= 4 is 0 Å². The lowest BCUT2D eigenvalue weighted by Crippen LogP contribution is -2.52. The molecule has 3 atom stereocenters. The van der Waals surface area contributed by atoms with Crippen molar-refractivity contribution in [1.82, 2.24) is 4.90 Å². The van der Waals surface area contributed by atoms with E-state index < -0.39 is 0 Å². The van der Waals surface area contributed by atoms with Crippen molar-refractivity contribution in [3.05, 3.63) is 0 Å². The quantitative estimate of drug-likeness (QED) is 0.535. The van der Waals surface area contributed by atoms with Gasteiger partial charge < -0.3 is 14.4 Å². The number of ether oxygens (including phenoxy) is 2. The fraction of sp³-hybridized carbons (Fsp3) is 1.00. The summed E-state index contributed by atoms with van der Waals surface area (Å²) in [6.45, 7) is 14.8. The van der Waals surface area contributed by atoms with Gasteiger partial charge in [0.05, 0.1) is 13.2 Å². The van der Waals surface area contributed by atoms with Gasteiger partial charge in [0.2, 0.25) is 0 Å². The molecule has 0 amide bonds. The molecular formula is C20H39NO2. The molecule has 0 aliphatic heterocycles.